The third kappa shape index (κ3) is 7.53. The van der Waals surface area contributed by atoms with E-state index in [1.54, 1.807) is 7.05 Å². The molecule has 1 aromatic rings. The van der Waals surface area contributed by atoms with E-state index >= 15 is 0 Å². The molecule has 0 radical (unpaired) electrons. The van der Waals surface area contributed by atoms with Crippen LogP contribution in [0.5, 0.6) is 0 Å². The quantitative estimate of drug-likeness (QED) is 0.260. The standard InChI is InChI=1S/C23H37N5OS.HI/c1-3-25-22(26-12-9-19-7-6-8-20(17-19)21(29)24-2)27-18-23(10-4-5-11-23)28-13-15-30-16-14-28;/h6-8,17H,3-5,9-16,18H2,1-2H3,(H,24,29)(H2,25,26,27);1H. The lowest BCUT2D eigenvalue weighted by molar-refractivity contribution is 0.0963. The number of nitrogens with one attached hydrogen (secondary N) is 3. The number of benzene rings is 1. The highest BCUT2D eigenvalue weighted by Gasteiger charge is 2.39. The van der Waals surface area contributed by atoms with E-state index in [0.29, 0.717) is 5.56 Å². The van der Waals surface area contributed by atoms with Crippen LogP contribution >= 0.6 is 35.7 Å². The molecule has 3 rings (SSSR count). The van der Waals surface area contributed by atoms with Crippen molar-refractivity contribution in [2.24, 2.45) is 4.99 Å². The molecule has 1 amide bonds. The number of guanidine groups is 1. The lowest BCUT2D eigenvalue weighted by Gasteiger charge is -2.42. The summed E-state index contributed by atoms with van der Waals surface area (Å²) in [5, 5.41) is 9.58. The monoisotopic (exact) mass is 559 g/mol. The Labute approximate surface area is 208 Å². The van der Waals surface area contributed by atoms with Crippen molar-refractivity contribution in [3.63, 3.8) is 0 Å². The molecule has 6 nitrogen and oxygen atoms in total. The number of thioether (sulfide) groups is 1. The number of carbonyl (C=O) groups is 1. The van der Waals surface area contributed by atoms with Gasteiger partial charge >= 0.3 is 0 Å². The van der Waals surface area contributed by atoms with E-state index in [1.165, 1.54) is 50.3 Å². The minimum absolute atomic E-state index is 0. The van der Waals surface area contributed by atoms with Gasteiger partial charge in [-0.15, -0.1) is 24.0 Å². The maximum absolute atomic E-state index is 11.8. The Morgan fingerprint density at radius 3 is 2.61 bits per heavy atom. The molecule has 0 spiro atoms. The Balaban J connectivity index is 0.00000341. The van der Waals surface area contributed by atoms with Gasteiger partial charge in [-0.25, -0.2) is 0 Å². The maximum atomic E-state index is 11.8. The number of nitrogens with zero attached hydrogens (tertiary/aromatic N) is 2. The highest BCUT2D eigenvalue weighted by molar-refractivity contribution is 14.0. The first kappa shape index (κ1) is 26.3. The SMILES string of the molecule is CCNC(=NCC1(N2CCSCC2)CCCC1)NCCc1cccc(C(=O)NC)c1.I. The molecule has 0 aromatic heterocycles. The summed E-state index contributed by atoms with van der Waals surface area (Å²) in [7, 11) is 1.66. The molecule has 0 atom stereocenters. The Hall–Kier alpha value is -1.00. The van der Waals surface area contributed by atoms with Gasteiger partial charge in [-0.1, -0.05) is 25.0 Å². The van der Waals surface area contributed by atoms with Crippen LogP contribution in [0, 0.1) is 0 Å². The van der Waals surface area contributed by atoms with Gasteiger partial charge in [-0.3, -0.25) is 14.7 Å². The van der Waals surface area contributed by atoms with Gasteiger partial charge in [-0.2, -0.15) is 11.8 Å². The lowest BCUT2D eigenvalue weighted by Crippen LogP contribution is -2.53. The molecule has 2 fully saturated rings. The van der Waals surface area contributed by atoms with Gasteiger partial charge in [0.2, 0.25) is 0 Å². The van der Waals surface area contributed by atoms with Crippen molar-refractivity contribution in [1.29, 1.82) is 0 Å². The fourth-order valence-corrected chi connectivity index (χ4v) is 5.45. The highest BCUT2D eigenvalue weighted by Crippen LogP contribution is 2.37. The molecule has 1 aliphatic carbocycles. The van der Waals surface area contributed by atoms with E-state index in [4.69, 9.17) is 4.99 Å². The second-order valence-electron chi connectivity index (χ2n) is 8.18. The van der Waals surface area contributed by atoms with E-state index in [0.717, 1.165) is 37.6 Å². The summed E-state index contributed by atoms with van der Waals surface area (Å²) >= 11 is 2.07. The highest BCUT2D eigenvalue weighted by atomic mass is 127. The Bertz CT molecular complexity index is 718. The van der Waals surface area contributed by atoms with E-state index in [9.17, 15) is 4.79 Å². The Morgan fingerprint density at radius 1 is 1.19 bits per heavy atom. The number of carbonyl (C=O) groups excluding carboxylic acids is 1. The molecular formula is C23H38IN5OS. The van der Waals surface area contributed by atoms with Crippen molar-refractivity contribution in [2.45, 2.75) is 44.6 Å². The normalized spacial score (nSPS) is 18.8. The number of rotatable bonds is 8. The number of aliphatic imine (C=N–C) groups is 1. The molecule has 0 bridgehead atoms. The van der Waals surface area contributed by atoms with E-state index in [2.05, 4.69) is 45.6 Å². The summed E-state index contributed by atoms with van der Waals surface area (Å²) < 4.78 is 0. The zero-order chi connectivity index (χ0) is 21.2. The van der Waals surface area contributed by atoms with Gasteiger partial charge in [0, 0.05) is 55.8 Å². The molecule has 8 heteroatoms. The zero-order valence-electron chi connectivity index (χ0n) is 18.9. The van der Waals surface area contributed by atoms with Crippen molar-refractivity contribution < 1.29 is 4.79 Å². The molecular weight excluding hydrogens is 521 g/mol. The first-order chi connectivity index (χ1) is 14.7. The van der Waals surface area contributed by atoms with Crippen LogP contribution in [0.3, 0.4) is 0 Å². The van der Waals surface area contributed by atoms with Crippen LogP contribution in [0.25, 0.3) is 0 Å². The topological polar surface area (TPSA) is 68.8 Å². The third-order valence-corrected chi connectivity index (χ3v) is 7.16. The predicted octanol–water partition coefficient (Wildman–Crippen LogP) is 3.12. The second kappa shape index (κ2) is 13.5. The van der Waals surface area contributed by atoms with Crippen molar-refractivity contribution in [1.82, 2.24) is 20.9 Å². The largest absolute Gasteiger partial charge is 0.357 e. The van der Waals surface area contributed by atoms with E-state index < -0.39 is 0 Å². The minimum Gasteiger partial charge on any atom is -0.357 e. The fourth-order valence-electron chi connectivity index (χ4n) is 4.55. The summed E-state index contributed by atoms with van der Waals surface area (Å²) in [4.78, 5) is 19.6. The van der Waals surface area contributed by atoms with Crippen LogP contribution in [0.4, 0.5) is 0 Å². The van der Waals surface area contributed by atoms with E-state index in [-0.39, 0.29) is 35.4 Å². The van der Waals surface area contributed by atoms with Crippen LogP contribution in [0.15, 0.2) is 29.3 Å². The molecule has 1 aliphatic heterocycles. The van der Waals surface area contributed by atoms with Gasteiger partial charge in [0.05, 0.1) is 6.54 Å². The van der Waals surface area contributed by atoms with Crippen LogP contribution in [0.2, 0.25) is 0 Å². The number of amides is 1. The predicted molar refractivity (Wildman–Crippen MR) is 143 cm³/mol. The summed E-state index contributed by atoms with van der Waals surface area (Å²) in [6.07, 6.45) is 6.04. The zero-order valence-corrected chi connectivity index (χ0v) is 22.1. The molecule has 2 aliphatic rings. The summed E-state index contributed by atoms with van der Waals surface area (Å²) in [5.74, 6) is 3.35. The minimum atomic E-state index is -0.0438. The van der Waals surface area contributed by atoms with E-state index in [1.807, 2.05) is 18.2 Å². The molecule has 1 heterocycles. The van der Waals surface area contributed by atoms with Gasteiger partial charge in [-0.05, 0) is 43.9 Å². The summed E-state index contributed by atoms with van der Waals surface area (Å²) in [6.45, 7) is 7.02. The number of hydrogen-bond acceptors (Lipinski definition) is 4. The molecule has 0 unspecified atom stereocenters. The van der Waals surface area contributed by atoms with Crippen LogP contribution in [-0.2, 0) is 6.42 Å². The molecule has 1 saturated carbocycles. The molecule has 31 heavy (non-hydrogen) atoms. The van der Waals surface area contributed by atoms with Gasteiger partial charge in [0.25, 0.3) is 5.91 Å². The van der Waals surface area contributed by atoms with Crippen LogP contribution in [0.1, 0.15) is 48.5 Å². The molecule has 174 valence electrons. The van der Waals surface area contributed by atoms with Crippen molar-refractivity contribution in [2.75, 3.05) is 51.3 Å². The fraction of sp³-hybridized carbons (Fsp3) is 0.652. The average molecular weight is 560 g/mol. The molecule has 1 saturated heterocycles. The smallest absolute Gasteiger partial charge is 0.251 e. The van der Waals surface area contributed by atoms with Crippen LogP contribution in [-0.4, -0.2) is 73.6 Å². The van der Waals surface area contributed by atoms with Gasteiger partial charge < -0.3 is 16.0 Å². The number of hydrogen-bond donors (Lipinski definition) is 3. The Morgan fingerprint density at radius 2 is 1.94 bits per heavy atom. The van der Waals surface area contributed by atoms with Crippen molar-refractivity contribution in [3.8, 4) is 0 Å². The summed E-state index contributed by atoms with van der Waals surface area (Å²) in [6, 6.07) is 7.83. The van der Waals surface area contributed by atoms with Gasteiger partial charge in [0.1, 0.15) is 0 Å². The molecule has 1 aromatic carbocycles. The third-order valence-electron chi connectivity index (χ3n) is 6.21. The second-order valence-corrected chi connectivity index (χ2v) is 9.41. The van der Waals surface area contributed by atoms with Crippen molar-refractivity contribution in [3.05, 3.63) is 35.4 Å². The number of halogens is 1. The first-order valence-corrected chi connectivity index (χ1v) is 12.5. The lowest BCUT2D eigenvalue weighted by atomic mass is 9.95. The van der Waals surface area contributed by atoms with Crippen LogP contribution < -0.4 is 16.0 Å². The molecule has 3 N–H and O–H groups in total. The Kier molecular flexibility index (Phi) is 11.5. The maximum Gasteiger partial charge on any atom is 0.251 e. The average Bonchev–Trinajstić information content (AvgIpc) is 3.28. The van der Waals surface area contributed by atoms with Crippen molar-refractivity contribution >= 4 is 47.6 Å². The summed E-state index contributed by atoms with van der Waals surface area (Å²) in [5.41, 5.74) is 2.11. The van der Waals surface area contributed by atoms with Gasteiger partial charge in [0.15, 0.2) is 5.96 Å². The first-order valence-electron chi connectivity index (χ1n) is 11.3.